The Kier molecular flexibility index (Phi) is 7.26. The van der Waals surface area contributed by atoms with Crippen molar-refractivity contribution in [2.24, 2.45) is 0 Å². The van der Waals surface area contributed by atoms with E-state index in [1.165, 1.54) is 6.33 Å². The van der Waals surface area contributed by atoms with Crippen molar-refractivity contribution in [1.29, 1.82) is 5.26 Å². The van der Waals surface area contributed by atoms with Gasteiger partial charge in [-0.05, 0) is 30.7 Å². The number of nitriles is 1. The molecule has 4 rings (SSSR count). The molecule has 1 aliphatic heterocycles. The van der Waals surface area contributed by atoms with Crippen LogP contribution in [-0.2, 0) is 9.47 Å². The van der Waals surface area contributed by atoms with E-state index < -0.39 is 14.7 Å². The number of hydrogen-bond acceptors (Lipinski definition) is 6. The molecule has 7 nitrogen and oxygen atoms in total. The molecule has 0 bridgehead atoms. The van der Waals surface area contributed by atoms with Gasteiger partial charge in [-0.1, -0.05) is 25.2 Å². The van der Waals surface area contributed by atoms with Crippen LogP contribution in [0.2, 0.25) is 19.1 Å². The fraction of sp³-hybridized carbons (Fsp3) is 0.458. The Morgan fingerprint density at radius 3 is 2.68 bits per heavy atom. The third kappa shape index (κ3) is 4.55. The van der Waals surface area contributed by atoms with Gasteiger partial charge in [0.15, 0.2) is 8.24 Å². The lowest BCUT2D eigenvalue weighted by molar-refractivity contribution is 0.122. The summed E-state index contributed by atoms with van der Waals surface area (Å²) in [6.45, 7) is 9.43. The van der Waals surface area contributed by atoms with Crippen LogP contribution >= 0.6 is 0 Å². The van der Waals surface area contributed by atoms with Crippen molar-refractivity contribution in [3.63, 3.8) is 0 Å². The number of rotatable bonds is 8. The Morgan fingerprint density at radius 2 is 2.00 bits per heavy atom. The Morgan fingerprint density at radius 1 is 1.24 bits per heavy atom. The molecule has 34 heavy (non-hydrogen) atoms. The Hall–Kier alpha value is -2.87. The molecule has 0 aliphatic carbocycles. The molecule has 10 heteroatoms. The predicted octanol–water partition coefficient (Wildman–Crippen LogP) is 4.83. The van der Waals surface area contributed by atoms with E-state index in [1.54, 1.807) is 28.5 Å². The smallest absolute Gasteiger partial charge is 0.278 e. The van der Waals surface area contributed by atoms with Crippen LogP contribution in [0.15, 0.2) is 30.6 Å². The largest absolute Gasteiger partial charge is 0.382 e. The maximum Gasteiger partial charge on any atom is 0.278 e. The van der Waals surface area contributed by atoms with Crippen LogP contribution in [0.5, 0.6) is 0 Å². The van der Waals surface area contributed by atoms with Crippen LogP contribution < -0.4 is 4.90 Å². The number of morpholine rings is 1. The first-order valence-electron chi connectivity index (χ1n) is 11.5. The van der Waals surface area contributed by atoms with Crippen molar-refractivity contribution in [3.05, 3.63) is 41.9 Å². The summed E-state index contributed by atoms with van der Waals surface area (Å²) in [5.74, 6) is 0.626. The first kappa shape index (κ1) is 24.3. The summed E-state index contributed by atoms with van der Waals surface area (Å²) >= 11 is 0. The Labute approximate surface area is 199 Å². The second-order valence-electron chi connectivity index (χ2n) is 8.84. The second kappa shape index (κ2) is 10.2. The van der Waals surface area contributed by atoms with Crippen molar-refractivity contribution in [3.8, 4) is 17.2 Å². The summed E-state index contributed by atoms with van der Waals surface area (Å²) in [6, 6.07) is 9.62. The van der Waals surface area contributed by atoms with Gasteiger partial charge in [0.2, 0.25) is 0 Å². The molecule has 0 unspecified atom stereocenters. The minimum absolute atomic E-state index is 0.0618. The summed E-state index contributed by atoms with van der Waals surface area (Å²) < 4.78 is 42.7. The first-order valence-corrected chi connectivity index (χ1v) is 14.6. The topological polar surface area (TPSA) is 76.2 Å². The molecule has 1 saturated heterocycles. The maximum atomic E-state index is 14.9. The molecular formula is C24H29F2N5O2Si. The minimum atomic E-state index is -2.73. The number of aromatic nitrogens is 3. The molecule has 1 aromatic carbocycles. The van der Waals surface area contributed by atoms with Gasteiger partial charge in [0.25, 0.3) is 6.43 Å². The van der Waals surface area contributed by atoms with Gasteiger partial charge in [-0.25, -0.2) is 18.7 Å². The molecule has 0 N–H and O–H groups in total. The van der Waals surface area contributed by atoms with Crippen LogP contribution in [0.25, 0.3) is 22.2 Å². The highest BCUT2D eigenvalue weighted by Gasteiger charge is 2.36. The molecule has 180 valence electrons. The molecule has 1 aliphatic rings. The fourth-order valence-electron chi connectivity index (χ4n) is 4.56. The van der Waals surface area contributed by atoms with Gasteiger partial charge in [-0.3, -0.25) is 0 Å². The zero-order chi connectivity index (χ0) is 24.3. The molecule has 3 aromatic rings. The fourth-order valence-corrected chi connectivity index (χ4v) is 7.04. The average Bonchev–Trinajstić information content (AvgIpc) is 3.21. The third-order valence-electron chi connectivity index (χ3n) is 6.23. The molecule has 0 atom stereocenters. The highest BCUT2D eigenvalue weighted by Crippen LogP contribution is 2.44. The molecule has 2 aromatic heterocycles. The van der Waals surface area contributed by atoms with E-state index in [4.69, 9.17) is 9.47 Å². The van der Waals surface area contributed by atoms with E-state index in [1.807, 2.05) is 6.92 Å². The molecular weight excluding hydrogens is 456 g/mol. The number of alkyl halides is 2. The molecule has 1 fully saturated rings. The molecule has 3 heterocycles. The van der Waals surface area contributed by atoms with E-state index >= 15 is 0 Å². The lowest BCUT2D eigenvalue weighted by Crippen LogP contribution is -2.39. The monoisotopic (exact) mass is 485 g/mol. The van der Waals surface area contributed by atoms with Gasteiger partial charge in [-0.15, -0.1) is 0 Å². The molecule has 0 saturated carbocycles. The van der Waals surface area contributed by atoms with Crippen molar-refractivity contribution >= 4 is 25.1 Å². The third-order valence-corrected chi connectivity index (χ3v) is 9.32. The number of hydrogen-bond donors (Lipinski definition) is 0. The van der Waals surface area contributed by atoms with Gasteiger partial charge in [0.05, 0.1) is 35.9 Å². The predicted molar refractivity (Wildman–Crippen MR) is 130 cm³/mol. The van der Waals surface area contributed by atoms with Crippen molar-refractivity contribution in [2.75, 3.05) is 44.4 Å². The normalized spacial score (nSPS) is 14.7. The van der Waals surface area contributed by atoms with E-state index in [-0.39, 0.29) is 5.69 Å². The van der Waals surface area contributed by atoms with E-state index in [2.05, 4.69) is 34.0 Å². The van der Waals surface area contributed by atoms with Gasteiger partial charge >= 0.3 is 0 Å². The maximum absolute atomic E-state index is 14.9. The van der Waals surface area contributed by atoms with Gasteiger partial charge in [0.1, 0.15) is 17.8 Å². The minimum Gasteiger partial charge on any atom is -0.382 e. The van der Waals surface area contributed by atoms with Gasteiger partial charge in [0, 0.05) is 31.9 Å². The highest BCUT2D eigenvalue weighted by atomic mass is 28.3. The van der Waals surface area contributed by atoms with Crippen LogP contribution in [0, 0.1) is 11.3 Å². The summed E-state index contributed by atoms with van der Waals surface area (Å²) in [7, 11) is -2.48. The zero-order valence-electron chi connectivity index (χ0n) is 19.7. The van der Waals surface area contributed by atoms with E-state index in [0.29, 0.717) is 79.1 Å². The summed E-state index contributed by atoms with van der Waals surface area (Å²) in [5, 5.41) is 10.1. The summed E-state index contributed by atoms with van der Waals surface area (Å²) in [6.07, 6.45) is -1.27. The lowest BCUT2D eigenvalue weighted by atomic mass is 10.0. The van der Waals surface area contributed by atoms with Crippen LogP contribution in [-0.4, -0.2) is 62.0 Å². The standard InChI is InChI=1S/C24H29F2N5O2Si/c1-4-32-12-13-34(2,3)31-21(22(25)26)19(18-7-5-6-17(14-18)15-27)20-23(28-16-29-24(20)31)30-8-10-33-11-9-30/h5-7,14,16,22H,4,8-13H2,1-3H3. The quantitative estimate of drug-likeness (QED) is 0.336. The Bertz CT molecular complexity index is 1200. The summed E-state index contributed by atoms with van der Waals surface area (Å²) in [5.41, 5.74) is 1.83. The van der Waals surface area contributed by atoms with Crippen LogP contribution in [0.1, 0.15) is 24.6 Å². The van der Waals surface area contributed by atoms with Crippen molar-refractivity contribution in [1.82, 2.24) is 14.2 Å². The lowest BCUT2D eigenvalue weighted by Gasteiger charge is -2.29. The zero-order valence-corrected chi connectivity index (χ0v) is 20.7. The number of halogens is 2. The Balaban J connectivity index is 2.05. The number of benzene rings is 1. The van der Waals surface area contributed by atoms with E-state index in [0.717, 1.165) is 0 Å². The molecule has 0 amide bonds. The number of nitrogens with zero attached hydrogens (tertiary/aromatic N) is 5. The van der Waals surface area contributed by atoms with E-state index in [9.17, 15) is 14.0 Å². The first-order chi connectivity index (χ1) is 16.4. The number of fused-ring (bicyclic) bond motifs is 1. The number of ether oxygens (including phenoxy) is 2. The van der Waals surface area contributed by atoms with Crippen molar-refractivity contribution < 1.29 is 18.3 Å². The van der Waals surface area contributed by atoms with Crippen molar-refractivity contribution in [2.45, 2.75) is 32.5 Å². The van der Waals surface area contributed by atoms with Gasteiger partial charge < -0.3 is 18.6 Å². The van der Waals surface area contributed by atoms with Crippen LogP contribution in [0.3, 0.4) is 0 Å². The highest BCUT2D eigenvalue weighted by molar-refractivity contribution is 6.77. The molecule has 0 radical (unpaired) electrons. The van der Waals surface area contributed by atoms with Gasteiger partial charge in [-0.2, -0.15) is 5.26 Å². The second-order valence-corrected chi connectivity index (χ2v) is 13.4. The summed E-state index contributed by atoms with van der Waals surface area (Å²) in [4.78, 5) is 11.2. The SMILES string of the molecule is CCOCC[Si](C)(C)n1c(C(F)F)c(-c2cccc(C#N)c2)c2c(N3CCOCC3)ncnc21. The van der Waals surface area contributed by atoms with Crippen LogP contribution in [0.4, 0.5) is 14.6 Å². The molecule has 0 spiro atoms. The number of anilines is 1. The average molecular weight is 486 g/mol.